The Kier molecular flexibility index (Phi) is 6.90. The van der Waals surface area contributed by atoms with Crippen LogP contribution in [-0.4, -0.2) is 31.1 Å². The third-order valence-electron chi connectivity index (χ3n) is 4.89. The molecule has 4 rings (SSSR count). The molecule has 0 atom stereocenters. The maximum absolute atomic E-state index is 14.2. The number of para-hydroxylation sites is 1. The lowest BCUT2D eigenvalue weighted by Gasteiger charge is -2.14. The van der Waals surface area contributed by atoms with Gasteiger partial charge >= 0.3 is 0 Å². The predicted octanol–water partition coefficient (Wildman–Crippen LogP) is 5.67. The van der Waals surface area contributed by atoms with Crippen molar-refractivity contribution in [1.82, 2.24) is 10.3 Å². The maximum atomic E-state index is 14.2. The number of halogens is 2. The molecule has 0 unspecified atom stereocenters. The Morgan fingerprint density at radius 3 is 2.58 bits per heavy atom. The summed E-state index contributed by atoms with van der Waals surface area (Å²) in [7, 11) is 1.48. The van der Waals surface area contributed by atoms with Crippen LogP contribution in [-0.2, 0) is 0 Å². The fourth-order valence-electron chi connectivity index (χ4n) is 3.29. The van der Waals surface area contributed by atoms with E-state index in [0.29, 0.717) is 41.1 Å². The number of rotatable bonds is 8. The van der Waals surface area contributed by atoms with E-state index in [2.05, 4.69) is 15.6 Å². The number of anilines is 1. The summed E-state index contributed by atoms with van der Waals surface area (Å²) in [6.07, 6.45) is 1.54. The Balaban J connectivity index is 1.55. The average molecular weight is 466 g/mol. The van der Waals surface area contributed by atoms with Crippen molar-refractivity contribution in [3.63, 3.8) is 0 Å². The zero-order valence-corrected chi connectivity index (χ0v) is 18.5. The van der Waals surface area contributed by atoms with Crippen molar-refractivity contribution >= 4 is 34.1 Å². The highest BCUT2D eigenvalue weighted by Crippen LogP contribution is 2.34. The fourth-order valence-corrected chi connectivity index (χ4v) is 3.45. The average Bonchev–Trinajstić information content (AvgIpc) is 2.83. The largest absolute Gasteiger partial charge is 0.496 e. The van der Waals surface area contributed by atoms with E-state index in [9.17, 15) is 9.18 Å². The van der Waals surface area contributed by atoms with Gasteiger partial charge in [-0.3, -0.25) is 9.78 Å². The van der Waals surface area contributed by atoms with Gasteiger partial charge in [0.2, 0.25) is 0 Å². The molecule has 33 heavy (non-hydrogen) atoms. The third kappa shape index (κ3) is 5.32. The molecule has 0 saturated heterocycles. The summed E-state index contributed by atoms with van der Waals surface area (Å²) in [5.74, 6) is -0.163. The van der Waals surface area contributed by atoms with Crippen molar-refractivity contribution in [2.75, 3.05) is 25.5 Å². The highest BCUT2D eigenvalue weighted by molar-refractivity contribution is 6.30. The molecule has 1 amide bonds. The van der Waals surface area contributed by atoms with Gasteiger partial charge in [-0.15, -0.1) is 0 Å². The lowest BCUT2D eigenvalue weighted by atomic mass is 10.1. The second-order valence-corrected chi connectivity index (χ2v) is 7.54. The number of amides is 1. The molecule has 0 aliphatic heterocycles. The Morgan fingerprint density at radius 1 is 1.00 bits per heavy atom. The second-order valence-electron chi connectivity index (χ2n) is 7.10. The topological polar surface area (TPSA) is 72.5 Å². The van der Waals surface area contributed by atoms with E-state index in [4.69, 9.17) is 21.1 Å². The van der Waals surface area contributed by atoms with Crippen LogP contribution in [0.3, 0.4) is 0 Å². The molecule has 3 aromatic carbocycles. The molecule has 0 aliphatic carbocycles. The summed E-state index contributed by atoms with van der Waals surface area (Å²) < 4.78 is 25.4. The number of carbonyl (C=O) groups excluding carboxylic acids is 1. The van der Waals surface area contributed by atoms with Gasteiger partial charge in [0.15, 0.2) is 11.6 Å². The lowest BCUT2D eigenvalue weighted by Crippen LogP contribution is -2.29. The first-order valence-electron chi connectivity index (χ1n) is 10.2. The van der Waals surface area contributed by atoms with Crippen molar-refractivity contribution in [2.24, 2.45) is 0 Å². The molecule has 0 bridgehead atoms. The first-order chi connectivity index (χ1) is 16.0. The monoisotopic (exact) mass is 465 g/mol. The van der Waals surface area contributed by atoms with Gasteiger partial charge in [0.25, 0.3) is 5.91 Å². The molecule has 168 valence electrons. The number of ether oxygens (including phenoxy) is 2. The Labute approximate surface area is 195 Å². The lowest BCUT2D eigenvalue weighted by molar-refractivity contribution is 0.0952. The van der Waals surface area contributed by atoms with Gasteiger partial charge in [-0.25, -0.2) is 4.39 Å². The molecule has 1 heterocycles. The minimum atomic E-state index is -0.593. The normalized spacial score (nSPS) is 10.6. The van der Waals surface area contributed by atoms with Crippen LogP contribution in [0.25, 0.3) is 10.9 Å². The van der Waals surface area contributed by atoms with Gasteiger partial charge in [0.05, 0.1) is 18.2 Å². The molecule has 8 heteroatoms. The molecule has 0 fully saturated rings. The molecule has 6 nitrogen and oxygen atoms in total. The van der Waals surface area contributed by atoms with Gasteiger partial charge in [0, 0.05) is 41.4 Å². The van der Waals surface area contributed by atoms with Gasteiger partial charge in [0.1, 0.15) is 11.5 Å². The van der Waals surface area contributed by atoms with Crippen LogP contribution >= 0.6 is 11.6 Å². The van der Waals surface area contributed by atoms with Gasteiger partial charge < -0.3 is 20.1 Å². The number of nitrogens with zero attached hydrogens (tertiary/aromatic N) is 1. The van der Waals surface area contributed by atoms with E-state index in [0.717, 1.165) is 5.69 Å². The fraction of sp³-hybridized carbons (Fsp3) is 0.120. The molecular weight excluding hydrogens is 445 g/mol. The molecule has 1 aromatic heterocycles. The van der Waals surface area contributed by atoms with Crippen LogP contribution in [0, 0.1) is 5.82 Å². The molecule has 0 saturated carbocycles. The zero-order chi connectivity index (χ0) is 23.2. The van der Waals surface area contributed by atoms with E-state index < -0.39 is 5.82 Å². The smallest absolute Gasteiger partial charge is 0.255 e. The van der Waals surface area contributed by atoms with Crippen molar-refractivity contribution in [3.8, 4) is 17.2 Å². The van der Waals surface area contributed by atoms with Gasteiger partial charge in [-0.05, 0) is 42.5 Å². The van der Waals surface area contributed by atoms with Crippen LogP contribution in [0.4, 0.5) is 10.1 Å². The Morgan fingerprint density at radius 2 is 1.82 bits per heavy atom. The SMILES string of the molecule is COc1cc2nccc(Oc3ccc(Cl)cc3F)c2cc1C(=O)NCCNc1ccccc1. The quantitative estimate of drug-likeness (QED) is 0.328. The summed E-state index contributed by atoms with van der Waals surface area (Å²) in [4.78, 5) is 17.2. The van der Waals surface area contributed by atoms with Gasteiger partial charge in [-0.1, -0.05) is 29.8 Å². The van der Waals surface area contributed by atoms with Crippen molar-refractivity contribution in [3.05, 3.63) is 89.3 Å². The minimum absolute atomic E-state index is 0.0145. The summed E-state index contributed by atoms with van der Waals surface area (Å²) in [6.45, 7) is 0.957. The predicted molar refractivity (Wildman–Crippen MR) is 127 cm³/mol. The third-order valence-corrected chi connectivity index (χ3v) is 5.13. The summed E-state index contributed by atoms with van der Waals surface area (Å²) in [5, 5.41) is 6.92. The molecule has 0 radical (unpaired) electrons. The summed E-state index contributed by atoms with van der Waals surface area (Å²) in [5.41, 5.74) is 1.83. The van der Waals surface area contributed by atoms with Crippen LogP contribution in [0.15, 0.2) is 72.9 Å². The van der Waals surface area contributed by atoms with E-state index >= 15 is 0 Å². The molecule has 2 N–H and O–H groups in total. The molecule has 0 aliphatic rings. The Hall–Kier alpha value is -3.84. The zero-order valence-electron chi connectivity index (χ0n) is 17.8. The number of pyridine rings is 1. The van der Waals surface area contributed by atoms with Crippen LogP contribution in [0.1, 0.15) is 10.4 Å². The first kappa shape index (κ1) is 22.4. The number of aromatic nitrogens is 1. The number of hydrogen-bond acceptors (Lipinski definition) is 5. The number of benzene rings is 3. The van der Waals surface area contributed by atoms with Crippen LogP contribution < -0.4 is 20.1 Å². The van der Waals surface area contributed by atoms with E-state index in [1.54, 1.807) is 24.4 Å². The van der Waals surface area contributed by atoms with Crippen molar-refractivity contribution in [2.45, 2.75) is 0 Å². The highest BCUT2D eigenvalue weighted by Gasteiger charge is 2.17. The van der Waals surface area contributed by atoms with E-state index in [-0.39, 0.29) is 16.7 Å². The summed E-state index contributed by atoms with van der Waals surface area (Å²) >= 11 is 5.82. The van der Waals surface area contributed by atoms with E-state index in [1.165, 1.54) is 25.3 Å². The highest BCUT2D eigenvalue weighted by atomic mass is 35.5. The number of methoxy groups -OCH3 is 1. The molecule has 4 aromatic rings. The van der Waals surface area contributed by atoms with Crippen LogP contribution in [0.5, 0.6) is 17.2 Å². The van der Waals surface area contributed by atoms with Gasteiger partial charge in [-0.2, -0.15) is 0 Å². The number of nitrogens with one attached hydrogen (secondary N) is 2. The Bertz CT molecular complexity index is 1280. The van der Waals surface area contributed by atoms with Crippen LogP contribution in [0.2, 0.25) is 5.02 Å². The molecular formula is C25H21ClFN3O3. The first-order valence-corrected chi connectivity index (χ1v) is 10.6. The standard InChI is InChI=1S/C25H21ClFN3O3/c1-32-24-15-21-18(22(9-10-29-21)33-23-8-7-16(26)13-20(23)27)14-19(24)25(31)30-12-11-28-17-5-3-2-4-6-17/h2-10,13-15,28H,11-12H2,1H3,(H,30,31). The number of fused-ring (bicyclic) bond motifs is 1. The van der Waals surface area contributed by atoms with Crippen molar-refractivity contribution < 1.29 is 18.7 Å². The number of carbonyl (C=O) groups is 1. The van der Waals surface area contributed by atoms with E-state index in [1.807, 2.05) is 30.3 Å². The summed E-state index contributed by atoms with van der Waals surface area (Å²) in [6, 6.07) is 18.7. The van der Waals surface area contributed by atoms with Crippen molar-refractivity contribution in [1.29, 1.82) is 0 Å². The molecule has 0 spiro atoms. The second kappa shape index (κ2) is 10.2. The minimum Gasteiger partial charge on any atom is -0.496 e. The maximum Gasteiger partial charge on any atom is 0.255 e. The number of hydrogen-bond donors (Lipinski definition) is 2.